The van der Waals surface area contributed by atoms with Crippen molar-refractivity contribution in [1.29, 1.82) is 0 Å². The summed E-state index contributed by atoms with van der Waals surface area (Å²) in [6.45, 7) is 4.50. The number of halogens is 1. The van der Waals surface area contributed by atoms with Crippen LogP contribution in [-0.4, -0.2) is 25.9 Å². The molecule has 0 aliphatic heterocycles. The fraction of sp³-hybridized carbons (Fsp3) is 0.235. The number of nitrogens with one attached hydrogen (secondary N) is 1. The summed E-state index contributed by atoms with van der Waals surface area (Å²) >= 11 is 7.29. The minimum atomic E-state index is -0.349. The minimum absolute atomic E-state index is 0.127. The molecule has 2 heterocycles. The van der Waals surface area contributed by atoms with E-state index in [-0.39, 0.29) is 11.2 Å². The second-order valence-electron chi connectivity index (χ2n) is 5.29. The Bertz CT molecular complexity index is 863. The fourth-order valence-electron chi connectivity index (χ4n) is 2.27. The van der Waals surface area contributed by atoms with Crippen LogP contribution in [0.2, 0.25) is 5.02 Å². The van der Waals surface area contributed by atoms with Crippen LogP contribution in [0.25, 0.3) is 11.6 Å². The van der Waals surface area contributed by atoms with Crippen LogP contribution >= 0.6 is 23.4 Å². The third-order valence-corrected chi connectivity index (χ3v) is 4.83. The average molecular weight is 377 g/mol. The first-order valence-electron chi connectivity index (χ1n) is 7.78. The van der Waals surface area contributed by atoms with E-state index in [1.165, 1.54) is 11.8 Å². The number of benzene rings is 1. The molecule has 1 aromatic carbocycles. The molecule has 0 aliphatic carbocycles. The Balaban J connectivity index is 1.72. The summed E-state index contributed by atoms with van der Waals surface area (Å²) in [6.07, 6.45) is 1.60. The lowest BCUT2D eigenvalue weighted by Crippen LogP contribution is -2.22. The van der Waals surface area contributed by atoms with E-state index in [0.29, 0.717) is 34.0 Å². The van der Waals surface area contributed by atoms with E-state index >= 15 is 0 Å². The molecule has 1 N–H and O–H groups in total. The van der Waals surface area contributed by atoms with Crippen molar-refractivity contribution in [2.75, 3.05) is 5.32 Å². The van der Waals surface area contributed by atoms with Crippen LogP contribution < -0.4 is 5.32 Å². The highest BCUT2D eigenvalue weighted by molar-refractivity contribution is 8.00. The molecule has 0 aliphatic rings. The van der Waals surface area contributed by atoms with E-state index in [4.69, 9.17) is 16.0 Å². The van der Waals surface area contributed by atoms with Gasteiger partial charge in [0.15, 0.2) is 16.7 Å². The van der Waals surface area contributed by atoms with E-state index in [1.54, 1.807) is 36.6 Å². The van der Waals surface area contributed by atoms with Crippen molar-refractivity contribution in [3.05, 3.63) is 47.7 Å². The van der Waals surface area contributed by atoms with Gasteiger partial charge in [-0.25, -0.2) is 0 Å². The van der Waals surface area contributed by atoms with Crippen LogP contribution in [0.1, 0.15) is 13.8 Å². The zero-order valence-electron chi connectivity index (χ0n) is 13.8. The minimum Gasteiger partial charge on any atom is -0.461 e. The Morgan fingerprint density at radius 1 is 1.36 bits per heavy atom. The van der Waals surface area contributed by atoms with Gasteiger partial charge < -0.3 is 9.73 Å². The highest BCUT2D eigenvalue weighted by Crippen LogP contribution is 2.27. The summed E-state index contributed by atoms with van der Waals surface area (Å²) in [4.78, 5) is 12.4. The number of thioether (sulfide) groups is 1. The van der Waals surface area contributed by atoms with Gasteiger partial charge in [-0.3, -0.25) is 9.36 Å². The van der Waals surface area contributed by atoms with Crippen LogP contribution in [0.3, 0.4) is 0 Å². The zero-order valence-corrected chi connectivity index (χ0v) is 15.3. The van der Waals surface area contributed by atoms with Gasteiger partial charge in [0.2, 0.25) is 5.91 Å². The van der Waals surface area contributed by atoms with Crippen LogP contribution in [0.5, 0.6) is 0 Å². The van der Waals surface area contributed by atoms with Crippen molar-refractivity contribution in [3.63, 3.8) is 0 Å². The normalized spacial score (nSPS) is 12.1. The summed E-state index contributed by atoms with van der Waals surface area (Å²) in [7, 11) is 0. The van der Waals surface area contributed by atoms with Gasteiger partial charge in [0.05, 0.1) is 11.5 Å². The van der Waals surface area contributed by atoms with Gasteiger partial charge in [-0.2, -0.15) is 0 Å². The van der Waals surface area contributed by atoms with Crippen LogP contribution in [0, 0.1) is 0 Å². The zero-order chi connectivity index (χ0) is 17.8. The quantitative estimate of drug-likeness (QED) is 0.648. The lowest BCUT2D eigenvalue weighted by Gasteiger charge is -2.12. The highest BCUT2D eigenvalue weighted by atomic mass is 35.5. The standard InChI is InChI=1S/C17H17ClN4O2S/c1-3-22-15(14-8-5-9-24-14)20-21-17(22)25-11(2)16(23)19-13-7-4-6-12(18)10-13/h4-11H,3H2,1-2H3,(H,19,23)/t11-/m0/s1. The number of amides is 1. The molecule has 0 saturated carbocycles. The van der Waals surface area contributed by atoms with Crippen molar-refractivity contribution in [1.82, 2.24) is 14.8 Å². The van der Waals surface area contributed by atoms with Crippen LogP contribution in [0.15, 0.2) is 52.2 Å². The van der Waals surface area contributed by atoms with Gasteiger partial charge in [-0.05, 0) is 44.2 Å². The maximum atomic E-state index is 12.4. The number of hydrogen-bond donors (Lipinski definition) is 1. The number of carbonyl (C=O) groups is 1. The maximum Gasteiger partial charge on any atom is 0.237 e. The molecule has 0 saturated heterocycles. The lowest BCUT2D eigenvalue weighted by molar-refractivity contribution is -0.115. The molecule has 25 heavy (non-hydrogen) atoms. The van der Waals surface area contributed by atoms with Crippen molar-refractivity contribution in [2.24, 2.45) is 0 Å². The van der Waals surface area contributed by atoms with Crippen molar-refractivity contribution >= 4 is 35.0 Å². The molecule has 6 nitrogen and oxygen atoms in total. The maximum absolute atomic E-state index is 12.4. The number of aromatic nitrogens is 3. The second-order valence-corrected chi connectivity index (χ2v) is 7.03. The third-order valence-electron chi connectivity index (χ3n) is 3.52. The lowest BCUT2D eigenvalue weighted by atomic mass is 10.3. The van der Waals surface area contributed by atoms with Gasteiger partial charge in [-0.15, -0.1) is 10.2 Å². The average Bonchev–Trinajstić information content (AvgIpc) is 3.23. The predicted molar refractivity (Wildman–Crippen MR) is 98.8 cm³/mol. The number of furan rings is 1. The Kier molecular flexibility index (Phi) is 5.45. The first-order valence-corrected chi connectivity index (χ1v) is 9.04. The molecule has 8 heteroatoms. The molecule has 3 aromatic rings. The van der Waals surface area contributed by atoms with Crippen LogP contribution in [-0.2, 0) is 11.3 Å². The summed E-state index contributed by atoms with van der Waals surface area (Å²) < 4.78 is 7.32. The van der Waals surface area contributed by atoms with E-state index in [2.05, 4.69) is 15.5 Å². The van der Waals surface area contributed by atoms with Gasteiger partial charge in [-0.1, -0.05) is 29.4 Å². The molecule has 0 fully saturated rings. The van der Waals surface area contributed by atoms with Gasteiger partial charge >= 0.3 is 0 Å². The summed E-state index contributed by atoms with van der Waals surface area (Å²) in [6, 6.07) is 10.7. The summed E-state index contributed by atoms with van der Waals surface area (Å²) in [5.74, 6) is 1.17. The van der Waals surface area contributed by atoms with Crippen molar-refractivity contribution < 1.29 is 9.21 Å². The molecular formula is C17H17ClN4O2S. The molecule has 0 unspecified atom stereocenters. The molecule has 0 bridgehead atoms. The Labute approximate surface area is 154 Å². The van der Waals surface area contributed by atoms with E-state index in [9.17, 15) is 4.79 Å². The SMILES string of the molecule is CCn1c(S[C@@H](C)C(=O)Nc2cccc(Cl)c2)nnc1-c1ccco1. The Hall–Kier alpha value is -2.25. The molecule has 0 radical (unpaired) electrons. The Morgan fingerprint density at radius 2 is 2.20 bits per heavy atom. The smallest absolute Gasteiger partial charge is 0.237 e. The molecular weight excluding hydrogens is 360 g/mol. The largest absolute Gasteiger partial charge is 0.461 e. The third kappa shape index (κ3) is 4.05. The highest BCUT2D eigenvalue weighted by Gasteiger charge is 2.21. The number of nitrogens with zero attached hydrogens (tertiary/aromatic N) is 3. The van der Waals surface area contributed by atoms with Gasteiger partial charge in [0, 0.05) is 17.3 Å². The number of hydrogen-bond acceptors (Lipinski definition) is 5. The van der Waals surface area contributed by atoms with Gasteiger partial charge in [0.1, 0.15) is 0 Å². The molecule has 130 valence electrons. The van der Waals surface area contributed by atoms with Crippen LogP contribution in [0.4, 0.5) is 5.69 Å². The fourth-order valence-corrected chi connectivity index (χ4v) is 3.37. The summed E-state index contributed by atoms with van der Waals surface area (Å²) in [5, 5.41) is 12.1. The second kappa shape index (κ2) is 7.76. The number of anilines is 1. The van der Waals surface area contributed by atoms with E-state index in [1.807, 2.05) is 24.5 Å². The topological polar surface area (TPSA) is 73.0 Å². The van der Waals surface area contributed by atoms with Gasteiger partial charge in [0.25, 0.3) is 0 Å². The molecule has 1 amide bonds. The molecule has 2 aromatic heterocycles. The first-order chi connectivity index (χ1) is 12.1. The monoisotopic (exact) mass is 376 g/mol. The first kappa shape index (κ1) is 17.6. The molecule has 0 spiro atoms. The van der Waals surface area contributed by atoms with E-state index < -0.39 is 0 Å². The number of carbonyl (C=O) groups excluding carboxylic acids is 1. The number of rotatable bonds is 6. The van der Waals surface area contributed by atoms with Crippen molar-refractivity contribution in [2.45, 2.75) is 30.8 Å². The molecule has 3 rings (SSSR count). The van der Waals surface area contributed by atoms with E-state index in [0.717, 1.165) is 0 Å². The predicted octanol–water partition coefficient (Wildman–Crippen LogP) is 4.33. The summed E-state index contributed by atoms with van der Waals surface area (Å²) in [5.41, 5.74) is 0.665. The molecule has 1 atom stereocenters. The Morgan fingerprint density at radius 3 is 2.88 bits per heavy atom. The van der Waals surface area contributed by atoms with Crippen molar-refractivity contribution in [3.8, 4) is 11.6 Å².